The van der Waals surface area contributed by atoms with Crippen LogP contribution in [0.5, 0.6) is 0 Å². The van der Waals surface area contributed by atoms with Gasteiger partial charge in [-0.1, -0.05) is 29.8 Å². The van der Waals surface area contributed by atoms with Crippen LogP contribution in [0.15, 0.2) is 0 Å². The van der Waals surface area contributed by atoms with Crippen molar-refractivity contribution in [1.82, 2.24) is 4.90 Å². The molecule has 1 amide bonds. The highest BCUT2D eigenvalue weighted by atomic mass is 79.9. The first-order valence-electron chi connectivity index (χ1n) is 4.21. The van der Waals surface area contributed by atoms with Crippen LogP contribution in [0.2, 0.25) is 0 Å². The van der Waals surface area contributed by atoms with E-state index in [4.69, 9.17) is 0 Å². The highest BCUT2D eigenvalue weighted by molar-refractivity contribution is 9.10. The molecule has 0 unspecified atom stereocenters. The molecule has 1 heterocycles. The van der Waals surface area contributed by atoms with Gasteiger partial charge in [-0.15, -0.1) is 0 Å². The van der Waals surface area contributed by atoms with Crippen molar-refractivity contribution in [3.05, 3.63) is 0 Å². The van der Waals surface area contributed by atoms with Crippen molar-refractivity contribution in [2.45, 2.75) is 32.0 Å². The predicted molar refractivity (Wildman–Crippen MR) is 53.4 cm³/mol. The number of hydrogen-bond donors (Lipinski definition) is 0. The molecule has 1 fully saturated rings. The zero-order valence-corrected chi connectivity index (χ0v) is 9.73. The number of alkyl halides is 1. The van der Waals surface area contributed by atoms with Gasteiger partial charge in [0, 0.05) is 13.1 Å². The molecule has 70 valence electrons. The third kappa shape index (κ3) is 2.00. The summed E-state index contributed by atoms with van der Waals surface area (Å²) in [4.78, 5) is 13.5. The van der Waals surface area contributed by atoms with Crippen LogP contribution < -0.4 is 0 Å². The van der Waals surface area contributed by atoms with Crippen LogP contribution in [-0.4, -0.2) is 28.2 Å². The molecule has 0 N–H and O–H groups in total. The number of nitrogens with zero attached hydrogens (tertiary/aromatic N) is 1. The quantitative estimate of drug-likeness (QED) is 0.635. The van der Waals surface area contributed by atoms with Crippen LogP contribution in [0.4, 0.5) is 0 Å². The van der Waals surface area contributed by atoms with Crippen molar-refractivity contribution >= 4 is 21.8 Å². The fraction of sp³-hybridized carbons (Fsp3) is 0.889. The lowest BCUT2D eigenvalue weighted by Gasteiger charge is -2.47. The van der Waals surface area contributed by atoms with E-state index in [9.17, 15) is 4.79 Å². The molecule has 2 nitrogen and oxygen atoms in total. The van der Waals surface area contributed by atoms with Crippen LogP contribution >= 0.6 is 15.9 Å². The second-order valence-electron chi connectivity index (χ2n) is 4.80. The van der Waals surface area contributed by atoms with Gasteiger partial charge in [0.1, 0.15) is 0 Å². The van der Waals surface area contributed by atoms with E-state index in [2.05, 4.69) is 29.8 Å². The maximum absolute atomic E-state index is 11.6. The summed E-state index contributed by atoms with van der Waals surface area (Å²) in [6.07, 6.45) is 0. The SMILES string of the molecule is CC1(C)CN(C(=O)C(C)(C)Br)C1. The molecule has 1 rings (SSSR count). The summed E-state index contributed by atoms with van der Waals surface area (Å²) in [6.45, 7) is 9.92. The van der Waals surface area contributed by atoms with Gasteiger partial charge in [0.2, 0.25) is 5.91 Å². The number of hydrogen-bond acceptors (Lipinski definition) is 1. The lowest BCUT2D eigenvalue weighted by atomic mass is 9.84. The maximum atomic E-state index is 11.6. The Hall–Kier alpha value is -0.0500. The first kappa shape index (κ1) is 10.0. The molecule has 1 aliphatic rings. The summed E-state index contributed by atoms with van der Waals surface area (Å²) in [7, 11) is 0. The van der Waals surface area contributed by atoms with Crippen LogP contribution in [-0.2, 0) is 4.79 Å². The molecule has 0 bridgehead atoms. The predicted octanol–water partition coefficient (Wildman–Crippen LogP) is 2.03. The van der Waals surface area contributed by atoms with Crippen molar-refractivity contribution < 1.29 is 4.79 Å². The Balaban J connectivity index is 2.50. The highest BCUT2D eigenvalue weighted by Gasteiger charge is 2.41. The third-order valence-electron chi connectivity index (χ3n) is 2.03. The largest absolute Gasteiger partial charge is 0.340 e. The Kier molecular flexibility index (Phi) is 2.28. The molecule has 0 aromatic rings. The van der Waals surface area contributed by atoms with Crippen molar-refractivity contribution in [3.63, 3.8) is 0 Å². The Morgan fingerprint density at radius 3 is 2.08 bits per heavy atom. The average Bonchev–Trinajstić information content (AvgIpc) is 1.78. The zero-order chi connectivity index (χ0) is 9.57. The van der Waals surface area contributed by atoms with Crippen molar-refractivity contribution in [1.29, 1.82) is 0 Å². The summed E-state index contributed by atoms with van der Waals surface area (Å²) in [6, 6.07) is 0. The van der Waals surface area contributed by atoms with Gasteiger partial charge in [-0.3, -0.25) is 4.79 Å². The minimum atomic E-state index is -0.399. The Morgan fingerprint density at radius 2 is 1.83 bits per heavy atom. The van der Waals surface area contributed by atoms with Gasteiger partial charge in [-0.2, -0.15) is 0 Å². The normalized spacial score (nSPS) is 21.9. The third-order valence-corrected chi connectivity index (χ3v) is 2.37. The first-order chi connectivity index (χ1) is 5.22. The van der Waals surface area contributed by atoms with E-state index in [-0.39, 0.29) is 5.91 Å². The van der Waals surface area contributed by atoms with E-state index in [0.29, 0.717) is 5.41 Å². The van der Waals surface area contributed by atoms with Crippen molar-refractivity contribution in [2.24, 2.45) is 5.41 Å². The minimum absolute atomic E-state index is 0.196. The van der Waals surface area contributed by atoms with E-state index >= 15 is 0 Å². The second kappa shape index (κ2) is 2.72. The monoisotopic (exact) mass is 233 g/mol. The van der Waals surface area contributed by atoms with E-state index in [1.54, 1.807) is 0 Å². The summed E-state index contributed by atoms with van der Waals surface area (Å²) >= 11 is 3.37. The van der Waals surface area contributed by atoms with Gasteiger partial charge in [0.15, 0.2) is 0 Å². The van der Waals surface area contributed by atoms with Crippen LogP contribution in [0, 0.1) is 5.41 Å². The topological polar surface area (TPSA) is 20.3 Å². The number of amides is 1. The summed E-state index contributed by atoms with van der Waals surface area (Å²) < 4.78 is -0.399. The molecular formula is C9H16BrNO. The van der Waals surface area contributed by atoms with E-state index in [0.717, 1.165) is 13.1 Å². The second-order valence-corrected chi connectivity index (χ2v) is 6.78. The first-order valence-corrected chi connectivity index (χ1v) is 5.00. The molecule has 0 aliphatic carbocycles. The van der Waals surface area contributed by atoms with Crippen LogP contribution in [0.25, 0.3) is 0 Å². The Morgan fingerprint density at radius 1 is 1.42 bits per heavy atom. The lowest BCUT2D eigenvalue weighted by Crippen LogP contribution is -2.58. The van der Waals surface area contributed by atoms with Gasteiger partial charge in [0.05, 0.1) is 4.32 Å². The number of carbonyl (C=O) groups excluding carboxylic acids is 1. The van der Waals surface area contributed by atoms with Gasteiger partial charge in [0.25, 0.3) is 0 Å². The van der Waals surface area contributed by atoms with Crippen LogP contribution in [0.3, 0.4) is 0 Å². The molecule has 0 radical (unpaired) electrons. The number of likely N-dealkylation sites (tertiary alicyclic amines) is 1. The molecule has 1 aliphatic heterocycles. The summed E-state index contributed by atoms with van der Waals surface area (Å²) in [5.41, 5.74) is 0.327. The fourth-order valence-corrected chi connectivity index (χ4v) is 1.76. The van der Waals surface area contributed by atoms with Crippen LogP contribution in [0.1, 0.15) is 27.7 Å². The van der Waals surface area contributed by atoms with Crippen molar-refractivity contribution in [2.75, 3.05) is 13.1 Å². The average molecular weight is 234 g/mol. The van der Waals surface area contributed by atoms with Gasteiger partial charge < -0.3 is 4.90 Å². The number of carbonyl (C=O) groups is 1. The van der Waals surface area contributed by atoms with E-state index in [1.807, 2.05) is 18.7 Å². The molecular weight excluding hydrogens is 218 g/mol. The van der Waals surface area contributed by atoms with Gasteiger partial charge in [-0.05, 0) is 19.3 Å². The summed E-state index contributed by atoms with van der Waals surface area (Å²) in [5.74, 6) is 0.196. The van der Waals surface area contributed by atoms with Crippen molar-refractivity contribution in [3.8, 4) is 0 Å². The van der Waals surface area contributed by atoms with E-state index in [1.165, 1.54) is 0 Å². The fourth-order valence-electron chi connectivity index (χ4n) is 1.51. The minimum Gasteiger partial charge on any atom is -0.340 e. The van der Waals surface area contributed by atoms with Gasteiger partial charge in [-0.25, -0.2) is 0 Å². The molecule has 12 heavy (non-hydrogen) atoms. The zero-order valence-electron chi connectivity index (χ0n) is 8.15. The molecule has 0 saturated carbocycles. The summed E-state index contributed by atoms with van der Waals surface area (Å²) in [5, 5.41) is 0. The molecule has 3 heteroatoms. The van der Waals surface area contributed by atoms with E-state index < -0.39 is 4.32 Å². The molecule has 0 atom stereocenters. The number of halogens is 1. The maximum Gasteiger partial charge on any atom is 0.238 e. The number of rotatable bonds is 1. The lowest BCUT2D eigenvalue weighted by molar-refractivity contribution is -0.143. The molecule has 1 saturated heterocycles. The molecule has 0 aromatic carbocycles. The van der Waals surface area contributed by atoms with Gasteiger partial charge >= 0.3 is 0 Å². The molecule has 0 aromatic heterocycles. The Bertz CT molecular complexity index is 197. The smallest absolute Gasteiger partial charge is 0.238 e. The Labute approximate surface area is 82.4 Å². The highest BCUT2D eigenvalue weighted by Crippen LogP contribution is 2.32. The molecule has 0 spiro atoms. The standard InChI is InChI=1S/C9H16BrNO/c1-8(2)5-11(6-8)7(12)9(3,4)10/h5-6H2,1-4H3.